The van der Waals surface area contributed by atoms with E-state index in [1.165, 1.54) is 0 Å². The van der Waals surface area contributed by atoms with Crippen LogP contribution in [0.2, 0.25) is 0 Å². The first-order valence-corrected chi connectivity index (χ1v) is 7.83. The van der Waals surface area contributed by atoms with Crippen molar-refractivity contribution in [3.05, 3.63) is 47.7 Å². The van der Waals surface area contributed by atoms with Gasteiger partial charge in [-0.1, -0.05) is 12.7 Å². The first-order chi connectivity index (χ1) is 10.6. The highest BCUT2D eigenvalue weighted by atomic mass is 32.1. The van der Waals surface area contributed by atoms with Crippen molar-refractivity contribution in [1.29, 1.82) is 0 Å². The smallest absolute Gasteiger partial charge is 0.160 e. The third-order valence-electron chi connectivity index (χ3n) is 3.51. The molecular formula is C16H17N5S. The maximum atomic E-state index is 6.25. The van der Waals surface area contributed by atoms with E-state index in [-0.39, 0.29) is 12.1 Å². The predicted molar refractivity (Wildman–Crippen MR) is 91.3 cm³/mol. The fourth-order valence-electron chi connectivity index (χ4n) is 2.21. The molecule has 0 aliphatic heterocycles. The summed E-state index contributed by atoms with van der Waals surface area (Å²) in [6.07, 6.45) is 5.23. The van der Waals surface area contributed by atoms with Gasteiger partial charge in [0.2, 0.25) is 0 Å². The van der Waals surface area contributed by atoms with Gasteiger partial charge in [0.1, 0.15) is 0 Å². The molecule has 0 aliphatic carbocycles. The van der Waals surface area contributed by atoms with Crippen LogP contribution in [0.3, 0.4) is 0 Å². The Kier molecular flexibility index (Phi) is 3.98. The quantitative estimate of drug-likeness (QED) is 0.773. The van der Waals surface area contributed by atoms with Crippen LogP contribution in [0.25, 0.3) is 27.7 Å². The first-order valence-electron chi connectivity index (χ1n) is 6.95. The van der Waals surface area contributed by atoms with E-state index in [0.29, 0.717) is 5.82 Å². The molecule has 6 heteroatoms. The van der Waals surface area contributed by atoms with Gasteiger partial charge in [-0.2, -0.15) is 0 Å². The zero-order valence-corrected chi connectivity index (χ0v) is 13.0. The van der Waals surface area contributed by atoms with Gasteiger partial charge in [0, 0.05) is 34.9 Å². The molecule has 112 valence electrons. The van der Waals surface area contributed by atoms with Crippen LogP contribution in [-0.2, 0) is 0 Å². The maximum absolute atomic E-state index is 6.25. The molecule has 5 nitrogen and oxygen atoms in total. The molecule has 0 saturated carbocycles. The summed E-state index contributed by atoms with van der Waals surface area (Å²) >= 11 is 1.57. The van der Waals surface area contributed by atoms with Gasteiger partial charge in [0.25, 0.3) is 0 Å². The number of aromatic nitrogens is 3. The Hall–Kier alpha value is -2.15. The van der Waals surface area contributed by atoms with E-state index < -0.39 is 0 Å². The van der Waals surface area contributed by atoms with Gasteiger partial charge in [0.05, 0.1) is 22.0 Å². The Labute approximate surface area is 132 Å². The number of fused-ring (bicyclic) bond motifs is 1. The standard InChI is InChI=1S/C16H17N5S/c1-3-10-8-22-15-13(10)20-16(11-4-6-19-7-5-11)21-14(15)12(18)9(2)17/h3-9,12H,1,17-18H2,2H3. The van der Waals surface area contributed by atoms with E-state index in [4.69, 9.17) is 11.5 Å². The largest absolute Gasteiger partial charge is 0.326 e. The minimum atomic E-state index is -0.345. The molecule has 3 rings (SSSR count). The number of hydrogen-bond donors (Lipinski definition) is 2. The van der Waals surface area contributed by atoms with Crippen molar-refractivity contribution in [2.24, 2.45) is 11.5 Å². The van der Waals surface area contributed by atoms with Crippen molar-refractivity contribution in [1.82, 2.24) is 15.0 Å². The van der Waals surface area contributed by atoms with Gasteiger partial charge in [-0.3, -0.25) is 4.98 Å². The lowest BCUT2D eigenvalue weighted by Gasteiger charge is -2.16. The molecule has 0 spiro atoms. The fraction of sp³-hybridized carbons (Fsp3) is 0.188. The lowest BCUT2D eigenvalue weighted by atomic mass is 10.1. The molecule has 0 aromatic carbocycles. The van der Waals surface area contributed by atoms with Gasteiger partial charge >= 0.3 is 0 Å². The molecule has 3 aromatic heterocycles. The lowest BCUT2D eigenvalue weighted by Crippen LogP contribution is -2.32. The summed E-state index contributed by atoms with van der Waals surface area (Å²) in [5, 5.41) is 2.01. The number of rotatable bonds is 4. The Morgan fingerprint density at radius 2 is 1.95 bits per heavy atom. The minimum Gasteiger partial charge on any atom is -0.326 e. The van der Waals surface area contributed by atoms with Crippen molar-refractivity contribution < 1.29 is 0 Å². The summed E-state index contributed by atoms with van der Waals surface area (Å²) in [5.41, 5.74) is 15.8. The van der Waals surface area contributed by atoms with Gasteiger partial charge in [-0.15, -0.1) is 11.3 Å². The molecule has 22 heavy (non-hydrogen) atoms. The molecule has 2 unspecified atom stereocenters. The van der Waals surface area contributed by atoms with Crippen LogP contribution in [0, 0.1) is 0 Å². The van der Waals surface area contributed by atoms with Crippen LogP contribution < -0.4 is 11.5 Å². The Morgan fingerprint density at radius 3 is 2.59 bits per heavy atom. The SMILES string of the molecule is C=Cc1csc2c(C(N)C(C)N)nc(-c3ccncc3)nc12. The minimum absolute atomic E-state index is 0.197. The molecule has 0 radical (unpaired) electrons. The van der Waals surface area contributed by atoms with Crippen LogP contribution in [-0.4, -0.2) is 21.0 Å². The van der Waals surface area contributed by atoms with E-state index >= 15 is 0 Å². The van der Waals surface area contributed by atoms with Crippen LogP contribution in [0.15, 0.2) is 36.5 Å². The summed E-state index contributed by atoms with van der Waals surface area (Å²) < 4.78 is 0.970. The van der Waals surface area contributed by atoms with Crippen LogP contribution >= 0.6 is 11.3 Å². The van der Waals surface area contributed by atoms with E-state index in [1.807, 2.05) is 24.4 Å². The second-order valence-corrected chi connectivity index (χ2v) is 6.01. The third-order valence-corrected chi connectivity index (χ3v) is 4.52. The average Bonchev–Trinajstić information content (AvgIpc) is 2.97. The highest BCUT2D eigenvalue weighted by Crippen LogP contribution is 2.32. The van der Waals surface area contributed by atoms with Gasteiger partial charge in [-0.05, 0) is 19.1 Å². The number of thiophene rings is 1. The van der Waals surface area contributed by atoms with Gasteiger partial charge in [0.15, 0.2) is 5.82 Å². The number of pyridine rings is 1. The lowest BCUT2D eigenvalue weighted by molar-refractivity contribution is 0.579. The van der Waals surface area contributed by atoms with Crippen LogP contribution in [0.4, 0.5) is 0 Å². The summed E-state index contributed by atoms with van der Waals surface area (Å²) in [4.78, 5) is 13.4. The van der Waals surface area contributed by atoms with Crippen molar-refractivity contribution in [3.8, 4) is 11.4 Å². The Bertz CT molecular complexity index is 810. The predicted octanol–water partition coefficient (Wildman–Crippen LogP) is 2.74. The van der Waals surface area contributed by atoms with E-state index in [1.54, 1.807) is 29.8 Å². The van der Waals surface area contributed by atoms with E-state index in [0.717, 1.165) is 27.0 Å². The van der Waals surface area contributed by atoms with Crippen molar-refractivity contribution >= 4 is 27.6 Å². The molecule has 2 atom stereocenters. The molecule has 0 amide bonds. The molecule has 4 N–H and O–H groups in total. The van der Waals surface area contributed by atoms with Crippen molar-refractivity contribution in [3.63, 3.8) is 0 Å². The molecule has 0 fully saturated rings. The first kappa shape index (κ1) is 14.8. The third kappa shape index (κ3) is 2.52. The van der Waals surface area contributed by atoms with E-state index in [2.05, 4.69) is 21.5 Å². The van der Waals surface area contributed by atoms with E-state index in [9.17, 15) is 0 Å². The molecule has 0 aliphatic rings. The second-order valence-electron chi connectivity index (χ2n) is 5.13. The van der Waals surface area contributed by atoms with Crippen LogP contribution in [0.1, 0.15) is 24.2 Å². The number of hydrogen-bond acceptors (Lipinski definition) is 6. The summed E-state index contributed by atoms with van der Waals surface area (Å²) in [6, 6.07) is 3.21. The second kappa shape index (κ2) is 5.92. The van der Waals surface area contributed by atoms with Gasteiger partial charge < -0.3 is 11.5 Å². The monoisotopic (exact) mass is 311 g/mol. The molecule has 3 aromatic rings. The summed E-state index contributed by atoms with van der Waals surface area (Å²) in [5.74, 6) is 0.627. The normalized spacial score (nSPS) is 14.0. The van der Waals surface area contributed by atoms with Gasteiger partial charge in [-0.25, -0.2) is 9.97 Å². The summed E-state index contributed by atoms with van der Waals surface area (Å²) in [7, 11) is 0. The fourth-order valence-corrected chi connectivity index (χ4v) is 3.24. The Morgan fingerprint density at radius 1 is 1.23 bits per heavy atom. The van der Waals surface area contributed by atoms with Crippen molar-refractivity contribution in [2.75, 3.05) is 0 Å². The number of nitrogens with zero attached hydrogens (tertiary/aromatic N) is 3. The van der Waals surface area contributed by atoms with Crippen LogP contribution in [0.5, 0.6) is 0 Å². The summed E-state index contributed by atoms with van der Waals surface area (Å²) in [6.45, 7) is 5.73. The number of nitrogens with two attached hydrogens (primary N) is 2. The van der Waals surface area contributed by atoms with Crippen molar-refractivity contribution in [2.45, 2.75) is 19.0 Å². The molecule has 0 bridgehead atoms. The molecule has 0 saturated heterocycles. The highest BCUT2D eigenvalue weighted by Gasteiger charge is 2.20. The zero-order valence-electron chi connectivity index (χ0n) is 12.2. The maximum Gasteiger partial charge on any atom is 0.160 e. The molecular weight excluding hydrogens is 294 g/mol. The highest BCUT2D eigenvalue weighted by molar-refractivity contribution is 7.17. The topological polar surface area (TPSA) is 90.7 Å². The zero-order chi connectivity index (χ0) is 15.7. The molecule has 3 heterocycles. The average molecular weight is 311 g/mol. The Balaban J connectivity index is 2.28.